The third-order valence-electron chi connectivity index (χ3n) is 4.68. The molecule has 1 atom stereocenters. The Kier molecular flexibility index (Phi) is 4.76. The number of aliphatic hydroxyl groups is 1. The molecule has 7 nitrogen and oxygen atoms in total. The molecule has 0 fully saturated rings. The minimum atomic E-state index is -3.73. The first kappa shape index (κ1) is 18.4. The van der Waals surface area contributed by atoms with Gasteiger partial charge in [-0.1, -0.05) is 6.07 Å². The molecule has 2 N–H and O–H groups in total. The Bertz CT molecular complexity index is 1200. The van der Waals surface area contributed by atoms with Crippen LogP contribution in [0.1, 0.15) is 11.7 Å². The molecule has 4 rings (SSSR count). The van der Waals surface area contributed by atoms with Crippen molar-refractivity contribution in [3.8, 4) is 5.69 Å². The molecule has 0 aliphatic carbocycles. The van der Waals surface area contributed by atoms with E-state index in [1.165, 1.54) is 12.1 Å². The van der Waals surface area contributed by atoms with Crippen molar-refractivity contribution in [2.75, 3.05) is 6.54 Å². The SMILES string of the molecule is Cn1ccc2cc(C(O)CNS(=O)(=O)c3ccc(-n4cccn4)cc3)ccc21. The monoisotopic (exact) mass is 396 g/mol. The molecule has 0 amide bonds. The molecule has 0 aliphatic heterocycles. The fourth-order valence-corrected chi connectivity index (χ4v) is 4.14. The number of sulfonamides is 1. The molecule has 8 heteroatoms. The molecule has 2 aromatic heterocycles. The number of aliphatic hydroxyl groups excluding tert-OH is 1. The molecule has 2 heterocycles. The van der Waals surface area contributed by atoms with E-state index in [9.17, 15) is 13.5 Å². The van der Waals surface area contributed by atoms with Crippen LogP contribution in [0.3, 0.4) is 0 Å². The van der Waals surface area contributed by atoms with Crippen molar-refractivity contribution in [3.05, 3.63) is 78.8 Å². The number of nitrogens with one attached hydrogen (secondary N) is 1. The first-order valence-corrected chi connectivity index (χ1v) is 10.3. The van der Waals surface area contributed by atoms with E-state index in [0.717, 1.165) is 16.6 Å². The van der Waals surface area contributed by atoms with Gasteiger partial charge < -0.3 is 9.67 Å². The van der Waals surface area contributed by atoms with Gasteiger partial charge in [0.2, 0.25) is 10.0 Å². The minimum Gasteiger partial charge on any atom is -0.387 e. The Morgan fingerprint density at radius 1 is 1.11 bits per heavy atom. The fraction of sp³-hybridized carbons (Fsp3) is 0.150. The Labute approximate surface area is 162 Å². The lowest BCUT2D eigenvalue weighted by atomic mass is 10.1. The van der Waals surface area contributed by atoms with Gasteiger partial charge in [-0.05, 0) is 59.5 Å². The molecule has 0 aliphatic rings. The Balaban J connectivity index is 1.46. The van der Waals surface area contributed by atoms with E-state index >= 15 is 0 Å². The van der Waals surface area contributed by atoms with Crippen LogP contribution < -0.4 is 4.72 Å². The predicted molar refractivity (Wildman–Crippen MR) is 107 cm³/mol. The molecule has 0 saturated carbocycles. The first-order chi connectivity index (χ1) is 13.4. The number of aromatic nitrogens is 3. The molecule has 0 radical (unpaired) electrons. The van der Waals surface area contributed by atoms with Gasteiger partial charge in [0.15, 0.2) is 0 Å². The second kappa shape index (κ2) is 7.23. The summed E-state index contributed by atoms with van der Waals surface area (Å²) in [6.07, 6.45) is 4.43. The van der Waals surface area contributed by atoms with Crippen LogP contribution in [-0.2, 0) is 17.1 Å². The van der Waals surface area contributed by atoms with Gasteiger partial charge in [-0.15, -0.1) is 0 Å². The van der Waals surface area contributed by atoms with Crippen molar-refractivity contribution in [2.45, 2.75) is 11.0 Å². The number of benzene rings is 2. The second-order valence-corrected chi connectivity index (χ2v) is 8.32. The van der Waals surface area contributed by atoms with E-state index < -0.39 is 16.1 Å². The Morgan fingerprint density at radius 2 is 1.89 bits per heavy atom. The van der Waals surface area contributed by atoms with Crippen LogP contribution in [0.15, 0.2) is 78.1 Å². The molecule has 28 heavy (non-hydrogen) atoms. The van der Waals surface area contributed by atoms with E-state index in [0.29, 0.717) is 5.56 Å². The zero-order valence-corrected chi connectivity index (χ0v) is 16.0. The quantitative estimate of drug-likeness (QED) is 0.524. The van der Waals surface area contributed by atoms with E-state index in [1.54, 1.807) is 41.3 Å². The largest absolute Gasteiger partial charge is 0.387 e. The summed E-state index contributed by atoms with van der Waals surface area (Å²) in [5.41, 5.74) is 2.48. The van der Waals surface area contributed by atoms with Crippen LogP contribution in [0, 0.1) is 0 Å². The molecule has 0 saturated heterocycles. The van der Waals surface area contributed by atoms with Crippen LogP contribution in [-0.4, -0.2) is 34.4 Å². The average Bonchev–Trinajstić information content (AvgIpc) is 3.36. The summed E-state index contributed by atoms with van der Waals surface area (Å²) in [4.78, 5) is 0.133. The molecule has 1 unspecified atom stereocenters. The van der Waals surface area contributed by atoms with E-state index in [-0.39, 0.29) is 11.4 Å². The molecule has 0 bridgehead atoms. The Hall–Kier alpha value is -2.94. The number of rotatable bonds is 6. The summed E-state index contributed by atoms with van der Waals surface area (Å²) in [5, 5.41) is 15.5. The van der Waals surface area contributed by atoms with Crippen LogP contribution >= 0.6 is 0 Å². The molecular weight excluding hydrogens is 376 g/mol. The number of hydrogen-bond acceptors (Lipinski definition) is 4. The number of fused-ring (bicyclic) bond motifs is 1. The zero-order valence-electron chi connectivity index (χ0n) is 15.2. The standard InChI is InChI=1S/C20H20N4O3S/c1-23-12-9-15-13-16(3-8-19(15)23)20(25)14-22-28(26,27)18-6-4-17(5-7-18)24-11-2-10-21-24/h2-13,20,22,25H,14H2,1H3. The second-order valence-electron chi connectivity index (χ2n) is 6.56. The fourth-order valence-electron chi connectivity index (χ4n) is 3.10. The van der Waals surface area contributed by atoms with Gasteiger partial charge in [0.25, 0.3) is 0 Å². The highest BCUT2D eigenvalue weighted by atomic mass is 32.2. The highest BCUT2D eigenvalue weighted by Gasteiger charge is 2.17. The predicted octanol–water partition coefficient (Wildman–Crippen LogP) is 2.38. The van der Waals surface area contributed by atoms with Crippen molar-refractivity contribution in [1.29, 1.82) is 0 Å². The van der Waals surface area contributed by atoms with Gasteiger partial charge in [-0.25, -0.2) is 17.8 Å². The van der Waals surface area contributed by atoms with Crippen LogP contribution in [0.2, 0.25) is 0 Å². The third kappa shape index (κ3) is 3.57. The van der Waals surface area contributed by atoms with Crippen molar-refractivity contribution in [3.63, 3.8) is 0 Å². The van der Waals surface area contributed by atoms with Crippen LogP contribution in [0.25, 0.3) is 16.6 Å². The van der Waals surface area contributed by atoms with Crippen molar-refractivity contribution in [2.24, 2.45) is 7.05 Å². The topological polar surface area (TPSA) is 89.1 Å². The van der Waals surface area contributed by atoms with Crippen molar-refractivity contribution in [1.82, 2.24) is 19.1 Å². The van der Waals surface area contributed by atoms with Gasteiger partial charge in [0, 0.05) is 37.7 Å². The van der Waals surface area contributed by atoms with Gasteiger partial charge in [0.05, 0.1) is 16.7 Å². The normalized spacial score (nSPS) is 13.1. The third-order valence-corrected chi connectivity index (χ3v) is 6.12. The van der Waals surface area contributed by atoms with Crippen molar-refractivity contribution < 1.29 is 13.5 Å². The number of aryl methyl sites for hydroxylation is 1. The summed E-state index contributed by atoms with van der Waals surface area (Å²) < 4.78 is 31.2. The Morgan fingerprint density at radius 3 is 2.61 bits per heavy atom. The summed E-state index contributed by atoms with van der Waals surface area (Å²) in [7, 11) is -1.78. The molecule has 2 aromatic carbocycles. The number of hydrogen-bond donors (Lipinski definition) is 2. The van der Waals surface area contributed by atoms with Gasteiger partial charge in [-0.2, -0.15) is 5.10 Å². The molecule has 4 aromatic rings. The number of nitrogens with zero attached hydrogens (tertiary/aromatic N) is 3. The maximum absolute atomic E-state index is 12.5. The lowest BCUT2D eigenvalue weighted by Crippen LogP contribution is -2.28. The summed E-state index contributed by atoms with van der Waals surface area (Å²) in [6, 6.07) is 15.7. The lowest BCUT2D eigenvalue weighted by molar-refractivity contribution is 0.182. The van der Waals surface area contributed by atoms with Crippen LogP contribution in [0.5, 0.6) is 0 Å². The minimum absolute atomic E-state index is 0.110. The summed E-state index contributed by atoms with van der Waals surface area (Å²) in [5.74, 6) is 0. The average molecular weight is 396 g/mol. The molecular formula is C20H20N4O3S. The van der Waals surface area contributed by atoms with Crippen LogP contribution in [0.4, 0.5) is 0 Å². The molecule has 144 valence electrons. The summed E-state index contributed by atoms with van der Waals surface area (Å²) in [6.45, 7) is -0.110. The van der Waals surface area contributed by atoms with Gasteiger partial charge in [0.1, 0.15) is 0 Å². The highest BCUT2D eigenvalue weighted by Crippen LogP contribution is 2.21. The van der Waals surface area contributed by atoms with Crippen molar-refractivity contribution >= 4 is 20.9 Å². The van der Waals surface area contributed by atoms with Gasteiger partial charge in [-0.3, -0.25) is 0 Å². The maximum atomic E-state index is 12.5. The van der Waals surface area contributed by atoms with E-state index in [2.05, 4.69) is 9.82 Å². The summed E-state index contributed by atoms with van der Waals surface area (Å²) >= 11 is 0. The van der Waals surface area contributed by atoms with E-state index in [1.807, 2.05) is 36.0 Å². The van der Waals surface area contributed by atoms with E-state index in [4.69, 9.17) is 0 Å². The molecule has 0 spiro atoms. The van der Waals surface area contributed by atoms with Gasteiger partial charge >= 0.3 is 0 Å². The maximum Gasteiger partial charge on any atom is 0.240 e. The smallest absolute Gasteiger partial charge is 0.240 e. The lowest BCUT2D eigenvalue weighted by Gasteiger charge is -2.13. The highest BCUT2D eigenvalue weighted by molar-refractivity contribution is 7.89. The zero-order chi connectivity index (χ0) is 19.7. The first-order valence-electron chi connectivity index (χ1n) is 8.77.